The van der Waals surface area contributed by atoms with Gasteiger partial charge in [-0.25, -0.2) is 9.97 Å². The number of aryl methyl sites for hydroxylation is 1. The topological polar surface area (TPSA) is 56.5 Å². The maximum atomic E-state index is 12.5. The molecule has 9 heteroatoms. The summed E-state index contributed by atoms with van der Waals surface area (Å²) in [7, 11) is 0. The van der Waals surface area contributed by atoms with E-state index in [1.165, 1.54) is 0 Å². The molecule has 0 fully saturated rings. The molecule has 2 heterocycles. The fourth-order valence-corrected chi connectivity index (χ4v) is 2.30. The van der Waals surface area contributed by atoms with Crippen LogP contribution in [-0.2, 0) is 12.7 Å². The van der Waals surface area contributed by atoms with Gasteiger partial charge in [0.15, 0.2) is 10.3 Å². The highest BCUT2D eigenvalue weighted by atomic mass is 32.2. The SMILES string of the molecule is CCn1c(C)nnc1Sc1nccc(C(F)(F)F)n1. The summed E-state index contributed by atoms with van der Waals surface area (Å²) in [6, 6.07) is 0.833. The van der Waals surface area contributed by atoms with E-state index in [0.717, 1.165) is 24.0 Å². The minimum absolute atomic E-state index is 0.00285. The number of hydrogen-bond acceptors (Lipinski definition) is 5. The van der Waals surface area contributed by atoms with E-state index in [1.54, 1.807) is 11.5 Å². The lowest BCUT2D eigenvalue weighted by atomic mass is 10.4. The van der Waals surface area contributed by atoms with E-state index < -0.39 is 11.9 Å². The van der Waals surface area contributed by atoms with Crippen LogP contribution in [0.15, 0.2) is 22.6 Å². The summed E-state index contributed by atoms with van der Waals surface area (Å²) in [6.07, 6.45) is -3.40. The minimum Gasteiger partial charge on any atom is -0.306 e. The molecule has 2 aromatic rings. The highest BCUT2D eigenvalue weighted by Gasteiger charge is 2.32. The zero-order chi connectivity index (χ0) is 14.0. The van der Waals surface area contributed by atoms with Crippen LogP contribution in [0.25, 0.3) is 0 Å². The third kappa shape index (κ3) is 3.03. The summed E-state index contributed by atoms with van der Waals surface area (Å²) in [5.74, 6) is 0.692. The molecule has 19 heavy (non-hydrogen) atoms. The van der Waals surface area contributed by atoms with Crippen LogP contribution >= 0.6 is 11.8 Å². The van der Waals surface area contributed by atoms with Crippen molar-refractivity contribution in [3.63, 3.8) is 0 Å². The molecule has 0 N–H and O–H groups in total. The molecule has 0 atom stereocenters. The maximum absolute atomic E-state index is 12.5. The monoisotopic (exact) mass is 289 g/mol. The lowest BCUT2D eigenvalue weighted by Crippen LogP contribution is -2.09. The number of aromatic nitrogens is 5. The quantitative estimate of drug-likeness (QED) is 0.813. The number of halogens is 3. The van der Waals surface area contributed by atoms with Crippen LogP contribution in [0.4, 0.5) is 13.2 Å². The Morgan fingerprint density at radius 1 is 1.32 bits per heavy atom. The van der Waals surface area contributed by atoms with E-state index in [2.05, 4.69) is 20.2 Å². The Labute approximate surface area is 111 Å². The highest BCUT2D eigenvalue weighted by molar-refractivity contribution is 7.99. The van der Waals surface area contributed by atoms with Crippen LogP contribution in [0.1, 0.15) is 18.4 Å². The first kappa shape index (κ1) is 13.8. The highest BCUT2D eigenvalue weighted by Crippen LogP contribution is 2.30. The Balaban J connectivity index is 2.29. The van der Waals surface area contributed by atoms with Crippen molar-refractivity contribution in [2.24, 2.45) is 0 Å². The van der Waals surface area contributed by atoms with Gasteiger partial charge >= 0.3 is 6.18 Å². The van der Waals surface area contributed by atoms with E-state index in [1.807, 2.05) is 6.92 Å². The van der Waals surface area contributed by atoms with Crippen LogP contribution in [0, 0.1) is 6.92 Å². The van der Waals surface area contributed by atoms with Gasteiger partial charge in [-0.1, -0.05) is 0 Å². The van der Waals surface area contributed by atoms with Gasteiger partial charge in [-0.3, -0.25) is 0 Å². The van der Waals surface area contributed by atoms with Crippen molar-refractivity contribution in [1.82, 2.24) is 24.7 Å². The predicted molar refractivity (Wildman–Crippen MR) is 61.6 cm³/mol. The molecule has 0 radical (unpaired) electrons. The van der Waals surface area contributed by atoms with E-state index in [9.17, 15) is 13.2 Å². The van der Waals surface area contributed by atoms with Gasteiger partial charge in [0.25, 0.3) is 0 Å². The Bertz CT molecular complexity index is 581. The lowest BCUT2D eigenvalue weighted by Gasteiger charge is -2.07. The van der Waals surface area contributed by atoms with Crippen molar-refractivity contribution in [3.8, 4) is 0 Å². The second-order valence-electron chi connectivity index (χ2n) is 3.60. The average Bonchev–Trinajstić information content (AvgIpc) is 2.69. The molecule has 0 bridgehead atoms. The fraction of sp³-hybridized carbons (Fsp3) is 0.400. The molecule has 0 unspecified atom stereocenters. The molecule has 5 nitrogen and oxygen atoms in total. The summed E-state index contributed by atoms with van der Waals surface area (Å²) in [6.45, 7) is 4.29. The summed E-state index contributed by atoms with van der Waals surface area (Å²) in [4.78, 5) is 7.27. The van der Waals surface area contributed by atoms with Crippen molar-refractivity contribution < 1.29 is 13.2 Å². The van der Waals surface area contributed by atoms with E-state index >= 15 is 0 Å². The first-order valence-electron chi connectivity index (χ1n) is 5.39. The Hall–Kier alpha value is -1.64. The van der Waals surface area contributed by atoms with Crippen molar-refractivity contribution in [3.05, 3.63) is 23.8 Å². The first-order valence-corrected chi connectivity index (χ1v) is 6.21. The lowest BCUT2D eigenvalue weighted by molar-refractivity contribution is -0.141. The minimum atomic E-state index is -4.48. The standard InChI is InChI=1S/C10H10F3N5S/c1-3-18-6(2)16-17-9(18)19-8-14-5-4-7(15-8)10(11,12)13/h4-5H,3H2,1-2H3. The van der Waals surface area contributed by atoms with Crippen LogP contribution in [0.5, 0.6) is 0 Å². The molecule has 0 saturated heterocycles. The molecule has 2 rings (SSSR count). The molecule has 0 aromatic carbocycles. The Morgan fingerprint density at radius 3 is 2.68 bits per heavy atom. The molecule has 2 aromatic heterocycles. The summed E-state index contributed by atoms with van der Waals surface area (Å²) in [5, 5.41) is 8.23. The van der Waals surface area contributed by atoms with Gasteiger partial charge in [0, 0.05) is 12.7 Å². The Kier molecular flexibility index (Phi) is 3.74. The van der Waals surface area contributed by atoms with Crippen LogP contribution in [0.3, 0.4) is 0 Å². The van der Waals surface area contributed by atoms with Gasteiger partial charge in [-0.15, -0.1) is 10.2 Å². The molecule has 0 amide bonds. The third-order valence-electron chi connectivity index (χ3n) is 2.32. The fourth-order valence-electron chi connectivity index (χ4n) is 1.43. The van der Waals surface area contributed by atoms with Gasteiger partial charge < -0.3 is 4.57 Å². The van der Waals surface area contributed by atoms with Crippen molar-refractivity contribution in [2.75, 3.05) is 0 Å². The first-order chi connectivity index (χ1) is 8.91. The molecule has 0 spiro atoms. The molecule has 0 saturated carbocycles. The zero-order valence-corrected chi connectivity index (χ0v) is 11.0. The molecule has 0 aliphatic heterocycles. The van der Waals surface area contributed by atoms with E-state index in [0.29, 0.717) is 17.5 Å². The molecule has 102 valence electrons. The van der Waals surface area contributed by atoms with Crippen LogP contribution in [-0.4, -0.2) is 24.7 Å². The maximum Gasteiger partial charge on any atom is 0.433 e. The van der Waals surface area contributed by atoms with Crippen LogP contribution in [0.2, 0.25) is 0 Å². The zero-order valence-electron chi connectivity index (χ0n) is 10.1. The molecular formula is C10H10F3N5S. The summed E-state index contributed by atoms with van der Waals surface area (Å²) < 4.78 is 39.3. The van der Waals surface area contributed by atoms with E-state index in [4.69, 9.17) is 0 Å². The second kappa shape index (κ2) is 5.16. The largest absolute Gasteiger partial charge is 0.433 e. The smallest absolute Gasteiger partial charge is 0.306 e. The Morgan fingerprint density at radius 2 is 2.05 bits per heavy atom. The van der Waals surface area contributed by atoms with Crippen molar-refractivity contribution in [2.45, 2.75) is 36.9 Å². The van der Waals surface area contributed by atoms with Crippen molar-refractivity contribution in [1.29, 1.82) is 0 Å². The number of alkyl halides is 3. The second-order valence-corrected chi connectivity index (χ2v) is 4.53. The van der Waals surface area contributed by atoms with Gasteiger partial charge in [-0.05, 0) is 31.7 Å². The van der Waals surface area contributed by atoms with Gasteiger partial charge in [0.1, 0.15) is 11.5 Å². The summed E-state index contributed by atoms with van der Waals surface area (Å²) in [5.41, 5.74) is -0.968. The normalized spacial score (nSPS) is 11.8. The van der Waals surface area contributed by atoms with Gasteiger partial charge in [0.05, 0.1) is 0 Å². The predicted octanol–water partition coefficient (Wildman–Crippen LogP) is 2.57. The molecule has 0 aliphatic carbocycles. The average molecular weight is 289 g/mol. The number of hydrogen-bond donors (Lipinski definition) is 0. The number of rotatable bonds is 3. The van der Waals surface area contributed by atoms with Gasteiger partial charge in [0.2, 0.25) is 0 Å². The van der Waals surface area contributed by atoms with Crippen LogP contribution < -0.4 is 0 Å². The van der Waals surface area contributed by atoms with Crippen molar-refractivity contribution >= 4 is 11.8 Å². The summed E-state index contributed by atoms with van der Waals surface area (Å²) >= 11 is 0.957. The number of nitrogens with zero attached hydrogens (tertiary/aromatic N) is 5. The molecular weight excluding hydrogens is 279 g/mol. The molecule has 0 aliphatic rings. The van der Waals surface area contributed by atoms with E-state index in [-0.39, 0.29) is 5.16 Å². The third-order valence-corrected chi connectivity index (χ3v) is 3.19. The van der Waals surface area contributed by atoms with Gasteiger partial charge in [-0.2, -0.15) is 13.2 Å².